The molecule has 6 nitrogen and oxygen atoms in total. The minimum Gasteiger partial charge on any atom is -0.389 e. The van der Waals surface area contributed by atoms with E-state index in [0.717, 1.165) is 49.7 Å². The Labute approximate surface area is 293 Å². The van der Waals surface area contributed by atoms with Crippen molar-refractivity contribution >= 4 is 23.9 Å². The van der Waals surface area contributed by atoms with Crippen molar-refractivity contribution < 1.29 is 28.7 Å². The zero-order valence-corrected chi connectivity index (χ0v) is 31.7. The molecule has 1 rings (SSSR count). The number of esters is 4. The lowest BCUT2D eigenvalue weighted by Gasteiger charge is -2.18. The molecule has 0 aliphatic heterocycles. The molecule has 0 saturated heterocycles. The minimum absolute atomic E-state index is 0.00804. The van der Waals surface area contributed by atoms with Gasteiger partial charge in [-0.25, -0.2) is 9.59 Å². The summed E-state index contributed by atoms with van der Waals surface area (Å²) in [6, 6.07) is 3.48. The van der Waals surface area contributed by atoms with Crippen molar-refractivity contribution in [2.45, 2.75) is 196 Å². The van der Waals surface area contributed by atoms with Crippen molar-refractivity contribution in [3.63, 3.8) is 0 Å². The van der Waals surface area contributed by atoms with Crippen molar-refractivity contribution in [3.05, 3.63) is 34.4 Å². The maximum absolute atomic E-state index is 13.6. The molecule has 1 aromatic carbocycles. The van der Waals surface area contributed by atoms with Crippen LogP contribution in [-0.4, -0.2) is 23.9 Å². The highest BCUT2D eigenvalue weighted by Gasteiger charge is 2.29. The van der Waals surface area contributed by atoms with Gasteiger partial charge in [-0.15, -0.1) is 0 Å². The fourth-order valence-electron chi connectivity index (χ4n) is 6.08. The summed E-state index contributed by atoms with van der Waals surface area (Å²) in [6.45, 7) is 11.1. The Morgan fingerprint density at radius 2 is 0.833 bits per heavy atom. The van der Waals surface area contributed by atoms with E-state index in [1.54, 1.807) is 33.8 Å². The molecule has 0 aliphatic rings. The van der Waals surface area contributed by atoms with Gasteiger partial charge in [-0.3, -0.25) is 9.59 Å². The molecule has 1 aromatic rings. The van der Waals surface area contributed by atoms with E-state index < -0.39 is 35.7 Å². The number of unbranched alkanes of at least 4 members (excludes halogenated alkanes) is 20. The quantitative estimate of drug-likeness (QED) is 0.0501. The maximum Gasteiger partial charge on any atom is 0.346 e. The Balaban J connectivity index is 3.03. The van der Waals surface area contributed by atoms with Gasteiger partial charge in [0.05, 0.1) is 23.0 Å². The topological polar surface area (TPSA) is 86.7 Å². The Morgan fingerprint density at radius 1 is 0.479 bits per heavy atom. The van der Waals surface area contributed by atoms with E-state index in [1.165, 1.54) is 109 Å². The van der Waals surface area contributed by atoms with Gasteiger partial charge in [0.1, 0.15) is 0 Å². The van der Waals surface area contributed by atoms with Crippen molar-refractivity contribution in [2.24, 2.45) is 11.8 Å². The second-order valence-corrected chi connectivity index (χ2v) is 14.4. The minimum atomic E-state index is -0.876. The fourth-order valence-corrected chi connectivity index (χ4v) is 6.08. The van der Waals surface area contributed by atoms with Gasteiger partial charge in [-0.1, -0.05) is 176 Å². The van der Waals surface area contributed by atoms with Crippen LogP contribution in [-0.2, 0) is 31.9 Å². The van der Waals surface area contributed by atoms with Crippen LogP contribution in [0.4, 0.5) is 0 Å². The van der Waals surface area contributed by atoms with Gasteiger partial charge in [0.25, 0.3) is 0 Å². The Morgan fingerprint density at radius 3 is 1.23 bits per heavy atom. The van der Waals surface area contributed by atoms with Crippen LogP contribution < -0.4 is 0 Å². The molecule has 0 aromatic heterocycles. The number of aryl methyl sites for hydroxylation is 1. The molecule has 48 heavy (non-hydrogen) atoms. The van der Waals surface area contributed by atoms with Crippen LogP contribution >= 0.6 is 0 Å². The van der Waals surface area contributed by atoms with Gasteiger partial charge in [-0.2, -0.15) is 0 Å². The standard InChI is InChI=1S/C42H70O6/c1-7-9-11-13-15-17-19-21-23-25-27-29-35-31-32-37(41(45)47-39(43)33(3)4)38(42(46)48-40(44)34(5)6)36(35)30-28-26-24-22-20-18-16-14-12-10-8-2/h31-34H,7-30H2,1-6H3. The summed E-state index contributed by atoms with van der Waals surface area (Å²) in [4.78, 5) is 51.7. The largest absolute Gasteiger partial charge is 0.389 e. The van der Waals surface area contributed by atoms with Crippen LogP contribution in [0.1, 0.15) is 215 Å². The van der Waals surface area contributed by atoms with Gasteiger partial charge >= 0.3 is 23.9 Å². The number of benzene rings is 1. The zero-order valence-electron chi connectivity index (χ0n) is 31.7. The van der Waals surface area contributed by atoms with Gasteiger partial charge in [-0.05, 0) is 42.9 Å². The smallest absolute Gasteiger partial charge is 0.346 e. The summed E-state index contributed by atoms with van der Waals surface area (Å²) in [7, 11) is 0. The third-order valence-electron chi connectivity index (χ3n) is 9.24. The van der Waals surface area contributed by atoms with E-state index in [1.807, 2.05) is 6.07 Å². The number of ether oxygens (including phenoxy) is 2. The van der Waals surface area contributed by atoms with E-state index >= 15 is 0 Å². The number of carbonyl (C=O) groups excluding carboxylic acids is 4. The maximum atomic E-state index is 13.6. The molecule has 0 fully saturated rings. The highest BCUT2D eigenvalue weighted by atomic mass is 16.6. The third kappa shape index (κ3) is 18.9. The van der Waals surface area contributed by atoms with Crippen LogP contribution in [0, 0.1) is 11.8 Å². The summed E-state index contributed by atoms with van der Waals surface area (Å²) in [5.41, 5.74) is 1.84. The van der Waals surface area contributed by atoms with Crippen LogP contribution in [0.3, 0.4) is 0 Å². The van der Waals surface area contributed by atoms with Gasteiger partial charge in [0.15, 0.2) is 0 Å². The molecular formula is C42H70O6. The lowest BCUT2D eigenvalue weighted by atomic mass is 9.89. The first-order valence-electron chi connectivity index (χ1n) is 19.8. The van der Waals surface area contributed by atoms with Gasteiger partial charge < -0.3 is 9.47 Å². The zero-order chi connectivity index (χ0) is 35.6. The SMILES string of the molecule is CCCCCCCCCCCCCc1ccc(C(=O)OC(=O)C(C)C)c(C(=O)OC(=O)C(C)C)c1CCCCCCCCCCCCC. The van der Waals surface area contributed by atoms with Crippen molar-refractivity contribution in [1.82, 2.24) is 0 Å². The first-order valence-corrected chi connectivity index (χ1v) is 19.8. The molecule has 0 radical (unpaired) electrons. The van der Waals surface area contributed by atoms with Gasteiger partial charge in [0.2, 0.25) is 0 Å². The molecule has 0 atom stereocenters. The molecule has 0 bridgehead atoms. The number of hydrogen-bond donors (Lipinski definition) is 0. The molecule has 0 aliphatic carbocycles. The molecule has 0 N–H and O–H groups in total. The first-order chi connectivity index (χ1) is 23.1. The summed E-state index contributed by atoms with van der Waals surface area (Å²) in [5.74, 6) is -4.01. The van der Waals surface area contributed by atoms with Crippen molar-refractivity contribution in [2.75, 3.05) is 0 Å². The number of rotatable bonds is 28. The second kappa shape index (κ2) is 27.3. The van der Waals surface area contributed by atoms with Crippen LogP contribution in [0.2, 0.25) is 0 Å². The van der Waals surface area contributed by atoms with E-state index in [0.29, 0.717) is 6.42 Å². The lowest BCUT2D eigenvalue weighted by Crippen LogP contribution is -2.24. The summed E-state index contributed by atoms with van der Waals surface area (Å²) in [6.07, 6.45) is 28.4. The molecule has 0 amide bonds. The molecular weight excluding hydrogens is 600 g/mol. The van der Waals surface area contributed by atoms with E-state index in [9.17, 15) is 19.2 Å². The average molecular weight is 671 g/mol. The predicted octanol–water partition coefficient (Wildman–Crippen LogP) is 12.1. The number of hydrogen-bond acceptors (Lipinski definition) is 6. The van der Waals surface area contributed by atoms with E-state index in [-0.39, 0.29) is 11.1 Å². The monoisotopic (exact) mass is 671 g/mol. The summed E-state index contributed by atoms with van der Waals surface area (Å²) in [5, 5.41) is 0. The molecule has 0 heterocycles. The van der Waals surface area contributed by atoms with Gasteiger partial charge in [0, 0.05) is 0 Å². The van der Waals surface area contributed by atoms with Crippen LogP contribution in [0.15, 0.2) is 12.1 Å². The molecule has 0 unspecified atom stereocenters. The second-order valence-electron chi connectivity index (χ2n) is 14.4. The lowest BCUT2D eigenvalue weighted by molar-refractivity contribution is -0.142. The molecule has 0 spiro atoms. The highest BCUT2D eigenvalue weighted by molar-refractivity contribution is 6.09. The Bertz CT molecular complexity index is 1060. The fraction of sp³-hybridized carbons (Fsp3) is 0.762. The number of carbonyl (C=O) groups is 4. The summed E-state index contributed by atoms with van der Waals surface area (Å²) >= 11 is 0. The first kappa shape index (κ1) is 43.5. The molecule has 274 valence electrons. The van der Waals surface area contributed by atoms with Crippen LogP contribution in [0.25, 0.3) is 0 Å². The highest BCUT2D eigenvalue weighted by Crippen LogP contribution is 2.27. The van der Waals surface area contributed by atoms with Crippen molar-refractivity contribution in [3.8, 4) is 0 Å². The predicted molar refractivity (Wildman–Crippen MR) is 197 cm³/mol. The van der Waals surface area contributed by atoms with Crippen molar-refractivity contribution in [1.29, 1.82) is 0 Å². The normalized spacial score (nSPS) is 11.3. The average Bonchev–Trinajstić information content (AvgIpc) is 3.05. The van der Waals surface area contributed by atoms with E-state index in [4.69, 9.17) is 9.47 Å². The summed E-state index contributed by atoms with van der Waals surface area (Å²) < 4.78 is 10.4. The van der Waals surface area contributed by atoms with E-state index in [2.05, 4.69) is 13.8 Å². The third-order valence-corrected chi connectivity index (χ3v) is 9.24. The molecule has 0 saturated carbocycles. The van der Waals surface area contributed by atoms with Crippen LogP contribution in [0.5, 0.6) is 0 Å². The molecule has 6 heteroatoms. The Kier molecular flexibility index (Phi) is 24.8. The Hall–Kier alpha value is -2.50.